The maximum atomic E-state index is 14.7. The van der Waals surface area contributed by atoms with E-state index in [1.54, 1.807) is 0 Å². The molecule has 160 valence electrons. The summed E-state index contributed by atoms with van der Waals surface area (Å²) in [6, 6.07) is 6.77. The zero-order valence-corrected chi connectivity index (χ0v) is 16.4. The van der Waals surface area contributed by atoms with Gasteiger partial charge in [-0.2, -0.15) is 18.2 Å². The first-order chi connectivity index (χ1) is 14.2. The van der Waals surface area contributed by atoms with Crippen molar-refractivity contribution in [2.24, 2.45) is 0 Å². The third kappa shape index (κ3) is 5.04. The number of nitrogens with one attached hydrogen (secondary N) is 3. The van der Waals surface area contributed by atoms with E-state index in [0.717, 1.165) is 12.1 Å². The SMILES string of the molecule is CC.CNC(=O)c1ccc(-c2c(F)cc(Nc3n[nH]c(N)n3)cc2C(F)(F)F)cc1. The third-order valence-electron chi connectivity index (χ3n) is 3.82. The van der Waals surface area contributed by atoms with Crippen LogP contribution in [0.2, 0.25) is 0 Å². The van der Waals surface area contributed by atoms with Crippen molar-refractivity contribution >= 4 is 23.5 Å². The van der Waals surface area contributed by atoms with E-state index >= 15 is 0 Å². The average Bonchev–Trinajstić information content (AvgIpc) is 3.12. The van der Waals surface area contributed by atoms with Crippen molar-refractivity contribution in [3.8, 4) is 11.1 Å². The van der Waals surface area contributed by atoms with E-state index in [9.17, 15) is 22.4 Å². The van der Waals surface area contributed by atoms with E-state index in [2.05, 4.69) is 25.8 Å². The molecule has 7 nitrogen and oxygen atoms in total. The zero-order chi connectivity index (χ0) is 22.5. The Morgan fingerprint density at radius 2 is 1.77 bits per heavy atom. The predicted molar refractivity (Wildman–Crippen MR) is 106 cm³/mol. The molecule has 0 radical (unpaired) electrons. The second kappa shape index (κ2) is 9.25. The molecule has 0 bridgehead atoms. The average molecular weight is 424 g/mol. The van der Waals surface area contributed by atoms with Crippen LogP contribution in [0.25, 0.3) is 11.1 Å². The lowest BCUT2D eigenvalue weighted by molar-refractivity contribution is -0.137. The van der Waals surface area contributed by atoms with Gasteiger partial charge in [-0.05, 0) is 29.8 Å². The van der Waals surface area contributed by atoms with Crippen LogP contribution in [0, 0.1) is 5.82 Å². The largest absolute Gasteiger partial charge is 0.417 e. The number of carbonyl (C=O) groups excluding carboxylic acids is 1. The first-order valence-corrected chi connectivity index (χ1v) is 8.87. The number of carbonyl (C=O) groups is 1. The molecule has 0 spiro atoms. The number of H-pyrrole nitrogens is 1. The highest BCUT2D eigenvalue weighted by atomic mass is 19.4. The molecule has 1 amide bonds. The fourth-order valence-corrected chi connectivity index (χ4v) is 2.59. The van der Waals surface area contributed by atoms with Crippen molar-refractivity contribution in [1.29, 1.82) is 0 Å². The number of anilines is 3. The molecule has 0 aliphatic carbocycles. The van der Waals surface area contributed by atoms with Crippen molar-refractivity contribution in [2.75, 3.05) is 18.1 Å². The van der Waals surface area contributed by atoms with E-state index in [1.807, 2.05) is 13.8 Å². The lowest BCUT2D eigenvalue weighted by atomic mass is 9.96. The molecule has 5 N–H and O–H groups in total. The van der Waals surface area contributed by atoms with Gasteiger partial charge in [-0.25, -0.2) is 9.49 Å². The highest BCUT2D eigenvalue weighted by molar-refractivity contribution is 5.94. The maximum Gasteiger partial charge on any atom is 0.417 e. The zero-order valence-electron chi connectivity index (χ0n) is 16.4. The van der Waals surface area contributed by atoms with Crippen molar-refractivity contribution in [3.05, 3.63) is 53.3 Å². The summed E-state index contributed by atoms with van der Waals surface area (Å²) >= 11 is 0. The van der Waals surface area contributed by atoms with Crippen LogP contribution in [-0.4, -0.2) is 28.1 Å². The quantitative estimate of drug-likeness (QED) is 0.466. The molecule has 0 unspecified atom stereocenters. The molecule has 0 atom stereocenters. The molecule has 2 aromatic carbocycles. The normalized spacial score (nSPS) is 10.8. The summed E-state index contributed by atoms with van der Waals surface area (Å²) < 4.78 is 55.4. The van der Waals surface area contributed by atoms with Gasteiger partial charge in [0, 0.05) is 23.9 Å². The molecule has 3 rings (SSSR count). The second-order valence-corrected chi connectivity index (χ2v) is 5.70. The Balaban J connectivity index is 0.00000155. The summed E-state index contributed by atoms with van der Waals surface area (Å²) in [6.07, 6.45) is -4.83. The number of alkyl halides is 3. The molecule has 0 aliphatic heterocycles. The number of amides is 1. The summed E-state index contributed by atoms with van der Waals surface area (Å²) in [6.45, 7) is 4.00. The minimum absolute atomic E-state index is 0.0221. The molecule has 0 saturated carbocycles. The van der Waals surface area contributed by atoms with Gasteiger partial charge in [0.2, 0.25) is 11.9 Å². The van der Waals surface area contributed by atoms with Crippen LogP contribution in [0.5, 0.6) is 0 Å². The van der Waals surface area contributed by atoms with Gasteiger partial charge >= 0.3 is 6.18 Å². The smallest absolute Gasteiger partial charge is 0.368 e. The van der Waals surface area contributed by atoms with Crippen molar-refractivity contribution in [2.45, 2.75) is 20.0 Å². The first kappa shape index (κ1) is 22.7. The summed E-state index contributed by atoms with van der Waals surface area (Å²) in [5, 5.41) is 10.8. The third-order valence-corrected chi connectivity index (χ3v) is 3.82. The molecule has 0 fully saturated rings. The van der Waals surface area contributed by atoms with Gasteiger partial charge in [0.15, 0.2) is 0 Å². The van der Waals surface area contributed by atoms with Gasteiger partial charge in [-0.3, -0.25) is 4.79 Å². The maximum absolute atomic E-state index is 14.7. The fraction of sp³-hybridized carbons (Fsp3) is 0.211. The van der Waals surface area contributed by atoms with Crippen LogP contribution in [0.3, 0.4) is 0 Å². The van der Waals surface area contributed by atoms with E-state index in [-0.39, 0.29) is 28.7 Å². The highest BCUT2D eigenvalue weighted by Crippen LogP contribution is 2.40. The topological polar surface area (TPSA) is 109 Å². The van der Waals surface area contributed by atoms with Gasteiger partial charge in [0.05, 0.1) is 5.56 Å². The lowest BCUT2D eigenvalue weighted by Crippen LogP contribution is -2.17. The van der Waals surface area contributed by atoms with Gasteiger partial charge < -0.3 is 16.4 Å². The number of nitrogens with zero attached hydrogens (tertiary/aromatic N) is 2. The van der Waals surface area contributed by atoms with Gasteiger partial charge in [0.1, 0.15) is 5.82 Å². The number of nitrogens with two attached hydrogens (primary N) is 1. The highest BCUT2D eigenvalue weighted by Gasteiger charge is 2.36. The van der Waals surface area contributed by atoms with E-state index in [1.165, 1.54) is 31.3 Å². The Hall–Kier alpha value is -3.63. The number of rotatable bonds is 4. The monoisotopic (exact) mass is 424 g/mol. The minimum Gasteiger partial charge on any atom is -0.368 e. The molecule has 0 aliphatic rings. The van der Waals surface area contributed by atoms with E-state index < -0.39 is 29.0 Å². The van der Waals surface area contributed by atoms with Crippen molar-refractivity contribution in [1.82, 2.24) is 20.5 Å². The fourth-order valence-electron chi connectivity index (χ4n) is 2.59. The van der Waals surface area contributed by atoms with Crippen LogP contribution in [0.15, 0.2) is 36.4 Å². The molecule has 1 heterocycles. The Kier molecular flexibility index (Phi) is 6.98. The Morgan fingerprint density at radius 3 is 2.27 bits per heavy atom. The number of hydrogen-bond acceptors (Lipinski definition) is 5. The molecule has 30 heavy (non-hydrogen) atoms. The van der Waals surface area contributed by atoms with Crippen molar-refractivity contribution in [3.63, 3.8) is 0 Å². The predicted octanol–water partition coefficient (Wildman–Crippen LogP) is 4.34. The number of hydrogen-bond donors (Lipinski definition) is 4. The van der Waals surface area contributed by atoms with Crippen LogP contribution in [-0.2, 0) is 6.18 Å². The minimum atomic E-state index is -4.83. The molecule has 3 aromatic rings. The summed E-state index contributed by atoms with van der Waals surface area (Å²) in [5.41, 5.74) is 3.55. The van der Waals surface area contributed by atoms with E-state index in [0.29, 0.717) is 0 Å². The Morgan fingerprint density at radius 1 is 1.13 bits per heavy atom. The molecule has 1 aromatic heterocycles. The Bertz CT molecular complexity index is 1010. The van der Waals surface area contributed by atoms with Crippen LogP contribution >= 0.6 is 0 Å². The number of aromatic amines is 1. The number of halogens is 4. The first-order valence-electron chi connectivity index (χ1n) is 8.87. The van der Waals surface area contributed by atoms with E-state index in [4.69, 9.17) is 5.73 Å². The van der Waals surface area contributed by atoms with Gasteiger partial charge in [-0.1, -0.05) is 26.0 Å². The summed E-state index contributed by atoms with van der Waals surface area (Å²) in [4.78, 5) is 15.3. The van der Waals surface area contributed by atoms with Crippen LogP contribution in [0.1, 0.15) is 29.8 Å². The number of aromatic nitrogens is 3. The molecular weight excluding hydrogens is 404 g/mol. The molecule has 0 saturated heterocycles. The Labute approximate surface area is 169 Å². The standard InChI is InChI=1S/C17H14F4N6O.C2H6/c1-23-14(28)9-4-2-8(3-5-9)13-11(17(19,20)21)6-10(7-12(13)18)24-16-25-15(22)26-27-16;1-2/h2-7H,1H3,(H,23,28)(H4,22,24,25,26,27);1-2H3. The number of nitrogen functional groups attached to an aromatic ring is 1. The van der Waals surface area contributed by atoms with Gasteiger partial charge in [-0.15, -0.1) is 5.10 Å². The number of benzene rings is 2. The summed E-state index contributed by atoms with van der Waals surface area (Å²) in [5.74, 6) is -1.67. The summed E-state index contributed by atoms with van der Waals surface area (Å²) in [7, 11) is 1.42. The second-order valence-electron chi connectivity index (χ2n) is 5.70. The molecular formula is C19H20F4N6O. The van der Waals surface area contributed by atoms with Crippen LogP contribution in [0.4, 0.5) is 35.1 Å². The lowest BCUT2D eigenvalue weighted by Gasteiger charge is -2.16. The van der Waals surface area contributed by atoms with Crippen molar-refractivity contribution < 1.29 is 22.4 Å². The molecule has 11 heteroatoms. The van der Waals surface area contributed by atoms with Crippen LogP contribution < -0.4 is 16.4 Å². The van der Waals surface area contributed by atoms with Gasteiger partial charge in [0.25, 0.3) is 5.91 Å².